The SMILES string of the molecule is NCCCC[C](CCCC(=O)O)c1ccc(O)cc1. The molecule has 0 unspecified atom stereocenters. The molecule has 0 atom stereocenters. The van der Waals surface area contributed by atoms with Crippen LogP contribution in [0.4, 0.5) is 0 Å². The number of unbranched alkanes of at least 4 members (excludes halogenated alkanes) is 1. The number of nitrogens with two attached hydrogens (primary N) is 1. The topological polar surface area (TPSA) is 83.6 Å². The second-order valence-corrected chi connectivity index (χ2v) is 4.64. The van der Waals surface area contributed by atoms with E-state index in [-0.39, 0.29) is 12.2 Å². The number of carboxylic acid groups (broad SMARTS) is 1. The standard InChI is InChI=1S/C15H22NO3/c16-11-2-1-4-12(5-3-6-15(18)19)13-7-9-14(17)10-8-13/h7-10,17H,1-6,11,16H2,(H,18,19). The number of carboxylic acids is 1. The molecule has 0 aromatic heterocycles. The molecule has 1 aromatic carbocycles. The maximum absolute atomic E-state index is 10.6. The van der Waals surface area contributed by atoms with E-state index in [1.54, 1.807) is 12.1 Å². The van der Waals surface area contributed by atoms with Crippen LogP contribution in [0.3, 0.4) is 0 Å². The molecule has 4 N–H and O–H groups in total. The summed E-state index contributed by atoms with van der Waals surface area (Å²) in [5.74, 6) is 0.734. The van der Waals surface area contributed by atoms with Gasteiger partial charge in [0.15, 0.2) is 0 Å². The Labute approximate surface area is 114 Å². The quantitative estimate of drug-likeness (QED) is 0.599. The number of hydrogen-bond donors (Lipinski definition) is 3. The van der Waals surface area contributed by atoms with Crippen molar-refractivity contribution in [3.05, 3.63) is 35.7 Å². The molecule has 0 saturated heterocycles. The highest BCUT2D eigenvalue weighted by Gasteiger charge is 2.12. The number of benzene rings is 1. The van der Waals surface area contributed by atoms with Gasteiger partial charge in [-0.15, -0.1) is 0 Å². The minimum absolute atomic E-state index is 0.193. The normalized spacial score (nSPS) is 10.8. The fraction of sp³-hybridized carbons (Fsp3) is 0.467. The lowest BCUT2D eigenvalue weighted by Gasteiger charge is -2.16. The van der Waals surface area contributed by atoms with Gasteiger partial charge >= 0.3 is 5.97 Å². The largest absolute Gasteiger partial charge is 0.508 e. The van der Waals surface area contributed by atoms with Crippen molar-refractivity contribution in [1.29, 1.82) is 0 Å². The maximum Gasteiger partial charge on any atom is 0.303 e. The van der Waals surface area contributed by atoms with Crippen molar-refractivity contribution in [2.45, 2.75) is 38.5 Å². The van der Waals surface area contributed by atoms with Gasteiger partial charge in [-0.2, -0.15) is 0 Å². The van der Waals surface area contributed by atoms with Gasteiger partial charge in [0.25, 0.3) is 0 Å². The molecule has 0 aliphatic heterocycles. The Morgan fingerprint density at radius 3 is 2.21 bits per heavy atom. The molecule has 0 saturated carbocycles. The zero-order valence-corrected chi connectivity index (χ0v) is 11.1. The number of rotatable bonds is 9. The molecule has 105 valence electrons. The van der Waals surface area contributed by atoms with E-state index in [0.29, 0.717) is 13.0 Å². The predicted molar refractivity (Wildman–Crippen MR) is 74.8 cm³/mol. The lowest BCUT2D eigenvalue weighted by Crippen LogP contribution is -2.05. The molecule has 0 bridgehead atoms. The Morgan fingerprint density at radius 2 is 1.63 bits per heavy atom. The lowest BCUT2D eigenvalue weighted by atomic mass is 9.89. The van der Waals surface area contributed by atoms with E-state index in [2.05, 4.69) is 0 Å². The number of phenolic OH excluding ortho intramolecular Hbond substituents is 1. The van der Waals surface area contributed by atoms with Crippen molar-refractivity contribution < 1.29 is 15.0 Å². The average molecular weight is 264 g/mol. The number of aliphatic carboxylic acids is 1. The van der Waals surface area contributed by atoms with Crippen LogP contribution in [-0.2, 0) is 4.79 Å². The van der Waals surface area contributed by atoms with Crippen molar-refractivity contribution in [2.75, 3.05) is 6.54 Å². The summed E-state index contributed by atoms with van der Waals surface area (Å²) in [6.45, 7) is 0.679. The summed E-state index contributed by atoms with van der Waals surface area (Å²) < 4.78 is 0. The summed E-state index contributed by atoms with van der Waals surface area (Å²) in [4.78, 5) is 10.6. The molecule has 1 rings (SSSR count). The Morgan fingerprint density at radius 1 is 1.00 bits per heavy atom. The fourth-order valence-corrected chi connectivity index (χ4v) is 2.05. The summed E-state index contributed by atoms with van der Waals surface area (Å²) in [5.41, 5.74) is 6.58. The monoisotopic (exact) mass is 264 g/mol. The van der Waals surface area contributed by atoms with Crippen LogP contribution in [0, 0.1) is 5.92 Å². The second-order valence-electron chi connectivity index (χ2n) is 4.64. The first-order valence-electron chi connectivity index (χ1n) is 6.69. The van der Waals surface area contributed by atoms with Crippen LogP contribution in [0.1, 0.15) is 44.1 Å². The third-order valence-corrected chi connectivity index (χ3v) is 3.08. The molecule has 0 heterocycles. The van der Waals surface area contributed by atoms with E-state index in [1.807, 2.05) is 12.1 Å². The highest BCUT2D eigenvalue weighted by Crippen LogP contribution is 2.27. The van der Waals surface area contributed by atoms with Gasteiger partial charge in [0.2, 0.25) is 0 Å². The van der Waals surface area contributed by atoms with Crippen LogP contribution < -0.4 is 5.73 Å². The van der Waals surface area contributed by atoms with Gasteiger partial charge in [0.05, 0.1) is 0 Å². The van der Waals surface area contributed by atoms with Crippen molar-refractivity contribution in [3.8, 4) is 5.75 Å². The molecule has 0 fully saturated rings. The van der Waals surface area contributed by atoms with Crippen LogP contribution >= 0.6 is 0 Å². The van der Waals surface area contributed by atoms with E-state index in [0.717, 1.165) is 31.2 Å². The number of carbonyl (C=O) groups is 1. The molecule has 1 radical (unpaired) electrons. The van der Waals surface area contributed by atoms with E-state index >= 15 is 0 Å². The predicted octanol–water partition coefficient (Wildman–Crippen LogP) is 2.70. The summed E-state index contributed by atoms with van der Waals surface area (Å²) in [7, 11) is 0. The first-order chi connectivity index (χ1) is 9.13. The zero-order valence-electron chi connectivity index (χ0n) is 11.1. The van der Waals surface area contributed by atoms with Crippen molar-refractivity contribution in [3.63, 3.8) is 0 Å². The van der Waals surface area contributed by atoms with Crippen LogP contribution in [0.5, 0.6) is 5.75 Å². The molecule has 4 nitrogen and oxygen atoms in total. The first-order valence-corrected chi connectivity index (χ1v) is 6.69. The van der Waals surface area contributed by atoms with Crippen LogP contribution in [0.25, 0.3) is 0 Å². The molecule has 0 amide bonds. The van der Waals surface area contributed by atoms with Crippen LogP contribution in [-0.4, -0.2) is 22.7 Å². The first kappa shape index (κ1) is 15.5. The molecular formula is C15H22NO3. The third-order valence-electron chi connectivity index (χ3n) is 3.08. The lowest BCUT2D eigenvalue weighted by molar-refractivity contribution is -0.137. The van der Waals surface area contributed by atoms with E-state index in [9.17, 15) is 9.90 Å². The highest BCUT2D eigenvalue weighted by atomic mass is 16.4. The molecule has 1 aromatic rings. The number of phenols is 1. The summed E-state index contributed by atoms with van der Waals surface area (Å²) >= 11 is 0. The molecule has 0 aliphatic carbocycles. The maximum atomic E-state index is 10.6. The third kappa shape index (κ3) is 6.25. The molecule has 19 heavy (non-hydrogen) atoms. The smallest absolute Gasteiger partial charge is 0.303 e. The average Bonchev–Trinajstić information content (AvgIpc) is 2.38. The van der Waals surface area contributed by atoms with Crippen molar-refractivity contribution in [1.82, 2.24) is 0 Å². The van der Waals surface area contributed by atoms with Gasteiger partial charge < -0.3 is 15.9 Å². The van der Waals surface area contributed by atoms with Gasteiger partial charge in [-0.05, 0) is 49.9 Å². The second kappa shape index (κ2) is 8.53. The fourth-order valence-electron chi connectivity index (χ4n) is 2.05. The molecule has 4 heteroatoms. The zero-order chi connectivity index (χ0) is 14.1. The van der Waals surface area contributed by atoms with Crippen molar-refractivity contribution >= 4 is 5.97 Å². The van der Waals surface area contributed by atoms with E-state index in [4.69, 9.17) is 10.8 Å². The van der Waals surface area contributed by atoms with Gasteiger partial charge in [-0.25, -0.2) is 0 Å². The minimum Gasteiger partial charge on any atom is -0.508 e. The van der Waals surface area contributed by atoms with Crippen molar-refractivity contribution in [2.24, 2.45) is 5.73 Å². The van der Waals surface area contributed by atoms with Gasteiger partial charge in [-0.1, -0.05) is 18.6 Å². The number of aromatic hydroxyl groups is 1. The van der Waals surface area contributed by atoms with Crippen LogP contribution in [0.2, 0.25) is 0 Å². The van der Waals surface area contributed by atoms with Gasteiger partial charge in [0, 0.05) is 12.3 Å². The number of hydrogen-bond acceptors (Lipinski definition) is 3. The Balaban J connectivity index is 2.57. The molecule has 0 spiro atoms. The Hall–Kier alpha value is -1.55. The highest BCUT2D eigenvalue weighted by molar-refractivity contribution is 5.66. The minimum atomic E-state index is -0.757. The molecular weight excluding hydrogens is 242 g/mol. The van der Waals surface area contributed by atoms with Gasteiger partial charge in [-0.3, -0.25) is 4.79 Å². The van der Waals surface area contributed by atoms with Crippen LogP contribution in [0.15, 0.2) is 24.3 Å². The Bertz CT molecular complexity index is 375. The van der Waals surface area contributed by atoms with Gasteiger partial charge in [0.1, 0.15) is 5.75 Å². The van der Waals surface area contributed by atoms with E-state index < -0.39 is 5.97 Å². The van der Waals surface area contributed by atoms with E-state index in [1.165, 1.54) is 5.92 Å². The molecule has 0 aliphatic rings. The summed E-state index contributed by atoms with van der Waals surface area (Å²) in [5, 5.41) is 18.0. The Kier molecular flexibility index (Phi) is 6.97. The summed E-state index contributed by atoms with van der Waals surface area (Å²) in [6.07, 6.45) is 4.54. The summed E-state index contributed by atoms with van der Waals surface area (Å²) in [6, 6.07) is 7.09.